The molecule has 4 heterocycles. The average molecular weight is 675 g/mol. The molecular formula is C36H34N8O6. The van der Waals surface area contributed by atoms with E-state index in [-0.39, 0.29) is 48.6 Å². The number of carbonyl (C=O) groups is 4. The van der Waals surface area contributed by atoms with Crippen molar-refractivity contribution in [2.45, 2.75) is 64.7 Å². The Morgan fingerprint density at radius 1 is 0.620 bits per heavy atom. The lowest BCUT2D eigenvalue weighted by Crippen LogP contribution is -2.45. The van der Waals surface area contributed by atoms with Gasteiger partial charge in [-0.05, 0) is 62.1 Å². The van der Waals surface area contributed by atoms with Crippen LogP contribution in [0.2, 0.25) is 0 Å². The number of hydrogen-bond acceptors (Lipinski definition) is 10. The normalized spacial score (nSPS) is 17.9. The van der Waals surface area contributed by atoms with Crippen molar-refractivity contribution in [3.05, 3.63) is 104 Å². The van der Waals surface area contributed by atoms with Gasteiger partial charge in [0.25, 0.3) is 11.1 Å². The molecule has 2 atom stereocenters. The van der Waals surface area contributed by atoms with Crippen LogP contribution in [0.25, 0.3) is 21.8 Å². The number of aryl methyl sites for hydroxylation is 2. The number of carbonyl (C=O) groups excluding carboxylic acids is 4. The standard InChI is InChI=1S/C36H34N8O6/c1-19-39-31-23(35(49)43(19)27-13-15-29(45)41-33(27)47)5-3-7-25(31)37-17-21-9-11-22(12-10-21)18-38-26-8-4-6-24-32(26)40-20(2)44(36(24)50)28-14-16-30(46)42-34(28)48/h3-12,27-28,37-38H,13-18H2,1-2H3,(H,41,45,47)(H,42,46,48). The van der Waals surface area contributed by atoms with Crippen molar-refractivity contribution in [3.8, 4) is 0 Å². The van der Waals surface area contributed by atoms with Gasteiger partial charge in [0, 0.05) is 25.9 Å². The first-order chi connectivity index (χ1) is 24.1. The molecule has 50 heavy (non-hydrogen) atoms. The molecule has 7 rings (SSSR count). The minimum absolute atomic E-state index is 0.160. The molecule has 5 aromatic rings. The molecule has 2 unspecified atom stereocenters. The zero-order chi connectivity index (χ0) is 35.1. The number of amides is 4. The van der Waals surface area contributed by atoms with E-state index in [1.54, 1.807) is 38.1 Å². The molecule has 3 aromatic carbocycles. The molecule has 254 valence electrons. The fourth-order valence-corrected chi connectivity index (χ4v) is 6.70. The van der Waals surface area contributed by atoms with Gasteiger partial charge in [0.1, 0.15) is 34.8 Å². The summed E-state index contributed by atoms with van der Waals surface area (Å²) in [7, 11) is 0. The number of imide groups is 2. The van der Waals surface area contributed by atoms with Crippen LogP contribution in [0.4, 0.5) is 11.4 Å². The Bertz CT molecular complexity index is 2180. The van der Waals surface area contributed by atoms with E-state index in [9.17, 15) is 28.8 Å². The van der Waals surface area contributed by atoms with Crippen LogP contribution in [0.15, 0.2) is 70.3 Å². The van der Waals surface area contributed by atoms with Crippen LogP contribution in [-0.2, 0) is 32.3 Å². The van der Waals surface area contributed by atoms with Gasteiger partial charge in [-0.15, -0.1) is 0 Å². The first-order valence-electron chi connectivity index (χ1n) is 16.4. The molecule has 4 N–H and O–H groups in total. The molecular weight excluding hydrogens is 640 g/mol. The van der Waals surface area contributed by atoms with Gasteiger partial charge in [-0.3, -0.25) is 48.5 Å². The maximum absolute atomic E-state index is 13.5. The molecule has 0 aliphatic carbocycles. The SMILES string of the molecule is Cc1nc2c(NCc3ccc(CNc4cccc5c(=O)n(C6CCC(=O)NC6=O)c(C)nc45)cc3)cccc2c(=O)n1C1CCC(=O)NC1=O. The number of benzene rings is 3. The second-order valence-corrected chi connectivity index (χ2v) is 12.5. The number of fused-ring (bicyclic) bond motifs is 2. The first-order valence-corrected chi connectivity index (χ1v) is 16.4. The van der Waals surface area contributed by atoms with Crippen molar-refractivity contribution in [2.24, 2.45) is 0 Å². The highest BCUT2D eigenvalue weighted by Gasteiger charge is 2.32. The number of hydrogen-bond donors (Lipinski definition) is 4. The summed E-state index contributed by atoms with van der Waals surface area (Å²) in [6, 6.07) is 17.0. The van der Waals surface area contributed by atoms with Crippen molar-refractivity contribution in [1.29, 1.82) is 0 Å². The Morgan fingerprint density at radius 3 is 1.40 bits per heavy atom. The minimum Gasteiger partial charge on any atom is -0.379 e. The first kappa shape index (κ1) is 32.4. The van der Waals surface area contributed by atoms with Gasteiger partial charge in [-0.2, -0.15) is 0 Å². The third-order valence-electron chi connectivity index (χ3n) is 9.25. The van der Waals surface area contributed by atoms with E-state index in [1.165, 1.54) is 9.13 Å². The third kappa shape index (κ3) is 5.99. The van der Waals surface area contributed by atoms with Gasteiger partial charge in [-0.1, -0.05) is 36.4 Å². The van der Waals surface area contributed by atoms with Gasteiger partial charge in [0.15, 0.2) is 0 Å². The zero-order valence-corrected chi connectivity index (χ0v) is 27.4. The summed E-state index contributed by atoms with van der Waals surface area (Å²) in [6.07, 6.45) is 0.808. The summed E-state index contributed by atoms with van der Waals surface area (Å²) in [4.78, 5) is 84.6. The van der Waals surface area contributed by atoms with Gasteiger partial charge in [-0.25, -0.2) is 9.97 Å². The van der Waals surface area contributed by atoms with Crippen LogP contribution in [0.1, 0.15) is 60.5 Å². The predicted molar refractivity (Wildman–Crippen MR) is 185 cm³/mol. The molecule has 0 spiro atoms. The molecule has 14 nitrogen and oxygen atoms in total. The monoisotopic (exact) mass is 674 g/mol. The Labute approximate surface area is 284 Å². The van der Waals surface area contributed by atoms with Gasteiger partial charge in [0.2, 0.25) is 23.6 Å². The number of nitrogens with one attached hydrogen (secondary N) is 4. The molecule has 0 bridgehead atoms. The van der Waals surface area contributed by atoms with Crippen molar-refractivity contribution in [1.82, 2.24) is 29.7 Å². The molecule has 2 saturated heterocycles. The van der Waals surface area contributed by atoms with Crippen molar-refractivity contribution in [2.75, 3.05) is 10.6 Å². The number of piperidine rings is 2. The Kier molecular flexibility index (Phi) is 8.43. The van der Waals surface area contributed by atoms with Crippen LogP contribution in [-0.4, -0.2) is 42.7 Å². The Hall–Kier alpha value is -6.18. The topological polar surface area (TPSA) is 186 Å². The molecule has 4 amide bonds. The fraction of sp³-hybridized carbons (Fsp3) is 0.278. The molecule has 14 heteroatoms. The van der Waals surface area contributed by atoms with Gasteiger partial charge >= 0.3 is 0 Å². The van der Waals surface area contributed by atoms with Crippen LogP contribution in [0, 0.1) is 13.8 Å². The van der Waals surface area contributed by atoms with Crippen LogP contribution >= 0.6 is 0 Å². The lowest BCUT2D eigenvalue weighted by atomic mass is 10.1. The van der Waals surface area contributed by atoms with Crippen molar-refractivity contribution < 1.29 is 19.2 Å². The second kappa shape index (κ2) is 13.0. The van der Waals surface area contributed by atoms with Gasteiger partial charge in [0.05, 0.1) is 22.1 Å². The number of rotatable bonds is 8. The smallest absolute Gasteiger partial charge is 0.262 e. The van der Waals surface area contributed by atoms with Crippen molar-refractivity contribution in [3.63, 3.8) is 0 Å². The average Bonchev–Trinajstić information content (AvgIpc) is 3.09. The van der Waals surface area contributed by atoms with Crippen LogP contribution in [0.3, 0.4) is 0 Å². The van der Waals surface area contributed by atoms with Crippen LogP contribution in [0.5, 0.6) is 0 Å². The number of aromatic nitrogens is 4. The number of nitrogens with zero attached hydrogens (tertiary/aromatic N) is 4. The van der Waals surface area contributed by atoms with E-state index in [2.05, 4.69) is 31.2 Å². The third-order valence-corrected chi connectivity index (χ3v) is 9.25. The fourth-order valence-electron chi connectivity index (χ4n) is 6.70. The highest BCUT2D eigenvalue weighted by atomic mass is 16.2. The zero-order valence-electron chi connectivity index (χ0n) is 27.4. The molecule has 2 aliphatic rings. The van der Waals surface area contributed by atoms with Crippen LogP contribution < -0.4 is 32.4 Å². The van der Waals surface area contributed by atoms with E-state index in [0.29, 0.717) is 57.9 Å². The van der Waals surface area contributed by atoms with E-state index >= 15 is 0 Å². The van der Waals surface area contributed by atoms with E-state index in [1.807, 2.05) is 36.4 Å². The summed E-state index contributed by atoms with van der Waals surface area (Å²) in [5.41, 5.74) is 3.69. The highest BCUT2D eigenvalue weighted by Crippen LogP contribution is 2.26. The quantitative estimate of drug-likeness (QED) is 0.178. The summed E-state index contributed by atoms with van der Waals surface area (Å²) in [6.45, 7) is 4.30. The summed E-state index contributed by atoms with van der Waals surface area (Å²) < 4.78 is 2.74. The Balaban J connectivity index is 1.04. The molecule has 2 fully saturated rings. The Morgan fingerprint density at radius 2 is 1.02 bits per heavy atom. The summed E-state index contributed by atoms with van der Waals surface area (Å²) in [5.74, 6) is -0.915. The highest BCUT2D eigenvalue weighted by molar-refractivity contribution is 6.00. The molecule has 2 aromatic heterocycles. The lowest BCUT2D eigenvalue weighted by Gasteiger charge is -2.24. The predicted octanol–water partition coefficient (Wildman–Crippen LogP) is 2.90. The largest absolute Gasteiger partial charge is 0.379 e. The molecule has 2 aliphatic heterocycles. The molecule has 0 saturated carbocycles. The van der Waals surface area contributed by atoms with E-state index < -0.39 is 23.9 Å². The second-order valence-electron chi connectivity index (χ2n) is 12.5. The van der Waals surface area contributed by atoms with E-state index in [4.69, 9.17) is 0 Å². The summed E-state index contributed by atoms with van der Waals surface area (Å²) in [5, 5.41) is 12.1. The van der Waals surface area contributed by atoms with Gasteiger partial charge < -0.3 is 10.6 Å². The lowest BCUT2D eigenvalue weighted by molar-refractivity contribution is -0.137. The van der Waals surface area contributed by atoms with Crippen molar-refractivity contribution >= 4 is 56.8 Å². The number of anilines is 2. The molecule has 0 radical (unpaired) electrons. The maximum Gasteiger partial charge on any atom is 0.262 e. The maximum atomic E-state index is 13.5. The minimum atomic E-state index is -0.788. The van der Waals surface area contributed by atoms with E-state index in [0.717, 1.165) is 11.1 Å². The summed E-state index contributed by atoms with van der Waals surface area (Å²) >= 11 is 0. The number of para-hydroxylation sites is 2.